The van der Waals surface area contributed by atoms with Crippen molar-refractivity contribution >= 4 is 29.1 Å². The molecule has 0 bridgehead atoms. The molecule has 0 saturated carbocycles. The Bertz CT molecular complexity index is 894. The van der Waals surface area contributed by atoms with Gasteiger partial charge in [0.15, 0.2) is 0 Å². The van der Waals surface area contributed by atoms with Crippen LogP contribution in [0.3, 0.4) is 0 Å². The minimum Gasteiger partial charge on any atom is -0.341 e. The number of halogens is 2. The molecule has 0 unspecified atom stereocenters. The molecular formula is C19H17Cl2N3O2. The van der Waals surface area contributed by atoms with Crippen molar-refractivity contribution in [3.05, 3.63) is 70.0 Å². The molecule has 0 fully saturated rings. The van der Waals surface area contributed by atoms with E-state index in [-0.39, 0.29) is 12.3 Å². The Labute approximate surface area is 161 Å². The number of carbonyl (C=O) groups is 1. The zero-order valence-electron chi connectivity index (χ0n) is 14.2. The van der Waals surface area contributed by atoms with Crippen LogP contribution in [0.15, 0.2) is 53.1 Å². The van der Waals surface area contributed by atoms with Crippen molar-refractivity contribution in [3.63, 3.8) is 0 Å². The first kappa shape index (κ1) is 18.4. The average Bonchev–Trinajstić information content (AvgIpc) is 3.11. The summed E-state index contributed by atoms with van der Waals surface area (Å²) in [5.41, 5.74) is 1.72. The average molecular weight is 390 g/mol. The number of hydrogen-bond acceptors (Lipinski definition) is 4. The summed E-state index contributed by atoms with van der Waals surface area (Å²) in [6, 6.07) is 14.6. The number of nitrogens with zero attached hydrogens (tertiary/aromatic N) is 3. The third-order valence-electron chi connectivity index (χ3n) is 3.91. The van der Waals surface area contributed by atoms with Crippen LogP contribution < -0.4 is 0 Å². The highest BCUT2D eigenvalue weighted by atomic mass is 35.5. The first-order valence-electron chi connectivity index (χ1n) is 8.09. The summed E-state index contributed by atoms with van der Waals surface area (Å²) in [6.07, 6.45) is 0.662. The Morgan fingerprint density at radius 3 is 2.58 bits per heavy atom. The highest BCUT2D eigenvalue weighted by Crippen LogP contribution is 2.20. The number of benzene rings is 2. The van der Waals surface area contributed by atoms with Crippen LogP contribution in [0, 0.1) is 0 Å². The minimum atomic E-state index is -0.0174. The van der Waals surface area contributed by atoms with Gasteiger partial charge in [-0.05, 0) is 35.9 Å². The fourth-order valence-corrected chi connectivity index (χ4v) is 2.77. The standard InChI is InChI=1S/C19H17Cl2N3O2/c1-24(12-14-4-2-3-5-16(14)21)18(25)11-10-17-22-19(23-26-17)13-6-8-15(20)9-7-13/h2-9H,10-12H2,1H3. The Morgan fingerprint density at radius 1 is 1.12 bits per heavy atom. The molecule has 0 spiro atoms. The van der Waals surface area contributed by atoms with E-state index in [0.29, 0.717) is 34.7 Å². The molecule has 2 aromatic carbocycles. The summed E-state index contributed by atoms with van der Waals surface area (Å²) in [6.45, 7) is 0.457. The second kappa shape index (κ2) is 8.34. The fraction of sp³-hybridized carbons (Fsp3) is 0.211. The third-order valence-corrected chi connectivity index (χ3v) is 4.54. The number of aryl methyl sites for hydroxylation is 1. The SMILES string of the molecule is CN(Cc1ccccc1Cl)C(=O)CCc1nc(-c2ccc(Cl)cc2)no1. The van der Waals surface area contributed by atoms with Crippen LogP contribution in [0.4, 0.5) is 0 Å². The first-order chi connectivity index (χ1) is 12.5. The van der Waals surface area contributed by atoms with Gasteiger partial charge in [-0.1, -0.05) is 46.6 Å². The molecule has 134 valence electrons. The number of aromatic nitrogens is 2. The Kier molecular flexibility index (Phi) is 5.91. The van der Waals surface area contributed by atoms with Crippen molar-refractivity contribution < 1.29 is 9.32 Å². The van der Waals surface area contributed by atoms with Gasteiger partial charge in [-0.3, -0.25) is 4.79 Å². The smallest absolute Gasteiger partial charge is 0.227 e. The molecule has 0 saturated heterocycles. The Hall–Kier alpha value is -2.37. The van der Waals surface area contributed by atoms with Gasteiger partial charge in [0, 0.05) is 42.0 Å². The summed E-state index contributed by atoms with van der Waals surface area (Å²) in [7, 11) is 1.75. The molecule has 3 rings (SSSR count). The molecule has 5 nitrogen and oxygen atoms in total. The molecule has 1 amide bonds. The van der Waals surface area contributed by atoms with Crippen LogP contribution in [0.5, 0.6) is 0 Å². The van der Waals surface area contributed by atoms with E-state index in [1.165, 1.54) is 0 Å². The second-order valence-corrected chi connectivity index (χ2v) is 6.70. The fourth-order valence-electron chi connectivity index (χ4n) is 2.45. The lowest BCUT2D eigenvalue weighted by Gasteiger charge is -2.17. The van der Waals surface area contributed by atoms with E-state index in [1.807, 2.05) is 36.4 Å². The van der Waals surface area contributed by atoms with E-state index in [1.54, 1.807) is 24.1 Å². The van der Waals surface area contributed by atoms with Gasteiger partial charge in [0.05, 0.1) is 0 Å². The van der Waals surface area contributed by atoms with Crippen molar-refractivity contribution in [2.45, 2.75) is 19.4 Å². The Balaban J connectivity index is 1.56. The van der Waals surface area contributed by atoms with Gasteiger partial charge >= 0.3 is 0 Å². The largest absolute Gasteiger partial charge is 0.341 e. The van der Waals surface area contributed by atoms with Crippen molar-refractivity contribution in [1.29, 1.82) is 0 Å². The van der Waals surface area contributed by atoms with E-state index in [4.69, 9.17) is 27.7 Å². The van der Waals surface area contributed by atoms with E-state index in [2.05, 4.69) is 10.1 Å². The summed E-state index contributed by atoms with van der Waals surface area (Å²) >= 11 is 12.0. The third kappa shape index (κ3) is 4.62. The van der Waals surface area contributed by atoms with Crippen molar-refractivity contribution in [2.24, 2.45) is 0 Å². The molecule has 0 N–H and O–H groups in total. The highest BCUT2D eigenvalue weighted by molar-refractivity contribution is 6.31. The van der Waals surface area contributed by atoms with Gasteiger partial charge in [-0.25, -0.2) is 0 Å². The van der Waals surface area contributed by atoms with E-state index in [9.17, 15) is 4.79 Å². The molecule has 0 atom stereocenters. The van der Waals surface area contributed by atoms with Crippen molar-refractivity contribution in [3.8, 4) is 11.4 Å². The monoisotopic (exact) mass is 389 g/mol. The van der Waals surface area contributed by atoms with Gasteiger partial charge in [-0.15, -0.1) is 0 Å². The molecular weight excluding hydrogens is 373 g/mol. The number of carbonyl (C=O) groups excluding carboxylic acids is 1. The van der Waals surface area contributed by atoms with Gasteiger partial charge < -0.3 is 9.42 Å². The normalized spacial score (nSPS) is 10.7. The van der Waals surface area contributed by atoms with Crippen LogP contribution >= 0.6 is 23.2 Å². The maximum atomic E-state index is 12.3. The maximum Gasteiger partial charge on any atom is 0.227 e. The van der Waals surface area contributed by atoms with Crippen LogP contribution in [-0.2, 0) is 17.8 Å². The van der Waals surface area contributed by atoms with Crippen molar-refractivity contribution in [2.75, 3.05) is 7.05 Å². The quantitative estimate of drug-likeness (QED) is 0.616. The maximum absolute atomic E-state index is 12.3. The topological polar surface area (TPSA) is 59.2 Å². The minimum absolute atomic E-state index is 0.0174. The molecule has 26 heavy (non-hydrogen) atoms. The van der Waals surface area contributed by atoms with Gasteiger partial charge in [0.2, 0.25) is 17.6 Å². The van der Waals surface area contributed by atoms with Crippen LogP contribution in [-0.4, -0.2) is 28.0 Å². The van der Waals surface area contributed by atoms with E-state index >= 15 is 0 Å². The predicted octanol–water partition coefficient (Wildman–Crippen LogP) is 4.63. The molecule has 0 radical (unpaired) electrons. The lowest BCUT2D eigenvalue weighted by atomic mass is 10.2. The summed E-state index contributed by atoms with van der Waals surface area (Å²) < 4.78 is 5.23. The lowest BCUT2D eigenvalue weighted by molar-refractivity contribution is -0.130. The Morgan fingerprint density at radius 2 is 1.85 bits per heavy atom. The van der Waals surface area contributed by atoms with Gasteiger partial charge in [0.1, 0.15) is 0 Å². The van der Waals surface area contributed by atoms with E-state index < -0.39 is 0 Å². The van der Waals surface area contributed by atoms with Gasteiger partial charge in [-0.2, -0.15) is 4.98 Å². The number of hydrogen-bond donors (Lipinski definition) is 0. The second-order valence-electron chi connectivity index (χ2n) is 5.86. The molecule has 1 heterocycles. The lowest BCUT2D eigenvalue weighted by Crippen LogP contribution is -2.26. The van der Waals surface area contributed by atoms with E-state index in [0.717, 1.165) is 11.1 Å². The molecule has 0 aliphatic carbocycles. The van der Waals surface area contributed by atoms with Gasteiger partial charge in [0.25, 0.3) is 0 Å². The number of amides is 1. The van der Waals surface area contributed by atoms with Crippen molar-refractivity contribution in [1.82, 2.24) is 15.0 Å². The molecule has 0 aliphatic heterocycles. The zero-order chi connectivity index (χ0) is 18.5. The summed E-state index contributed by atoms with van der Waals surface area (Å²) in [5, 5.41) is 5.24. The summed E-state index contributed by atoms with van der Waals surface area (Å²) in [5.74, 6) is 0.888. The van der Waals surface area contributed by atoms with Crippen LogP contribution in [0.2, 0.25) is 10.0 Å². The molecule has 0 aliphatic rings. The predicted molar refractivity (Wildman–Crippen MR) is 101 cm³/mol. The van der Waals surface area contributed by atoms with Crippen LogP contribution in [0.1, 0.15) is 17.9 Å². The highest BCUT2D eigenvalue weighted by Gasteiger charge is 2.14. The molecule has 7 heteroatoms. The zero-order valence-corrected chi connectivity index (χ0v) is 15.7. The van der Waals surface area contributed by atoms with Crippen LogP contribution in [0.25, 0.3) is 11.4 Å². The summed E-state index contributed by atoms with van der Waals surface area (Å²) in [4.78, 5) is 18.3. The first-order valence-corrected chi connectivity index (χ1v) is 8.84. The molecule has 1 aromatic heterocycles. The number of rotatable bonds is 6. The molecule has 3 aromatic rings.